The van der Waals surface area contributed by atoms with E-state index in [4.69, 9.17) is 9.47 Å². The van der Waals surface area contributed by atoms with Crippen molar-refractivity contribution in [3.63, 3.8) is 0 Å². The van der Waals surface area contributed by atoms with Gasteiger partial charge in [-0.05, 0) is 25.7 Å². The van der Waals surface area contributed by atoms with Gasteiger partial charge in [-0.2, -0.15) is 0 Å². The van der Waals surface area contributed by atoms with Crippen LogP contribution in [0, 0.1) is 5.92 Å². The summed E-state index contributed by atoms with van der Waals surface area (Å²) >= 11 is 0. The lowest BCUT2D eigenvalue weighted by Gasteiger charge is -2.26. The largest absolute Gasteiger partial charge is 0.381 e. The third-order valence-electron chi connectivity index (χ3n) is 2.30. The quantitative estimate of drug-likeness (QED) is 0.663. The van der Waals surface area contributed by atoms with E-state index in [-0.39, 0.29) is 0 Å². The number of hydrogen-bond donors (Lipinski definition) is 0. The monoisotopic (exact) mass is 188 g/mol. The van der Waals surface area contributed by atoms with E-state index in [0.29, 0.717) is 6.10 Å². The molecule has 0 aromatic carbocycles. The first kappa shape index (κ1) is 12.9. The van der Waals surface area contributed by atoms with E-state index in [1.807, 2.05) is 0 Å². The van der Waals surface area contributed by atoms with Gasteiger partial charge < -0.3 is 9.47 Å². The van der Waals surface area contributed by atoms with E-state index in [9.17, 15) is 0 Å². The van der Waals surface area contributed by atoms with Gasteiger partial charge >= 0.3 is 0 Å². The van der Waals surface area contributed by atoms with Crippen LogP contribution >= 0.6 is 0 Å². The normalized spacial score (nSPS) is 20.3. The van der Waals surface area contributed by atoms with E-state index >= 15 is 0 Å². The summed E-state index contributed by atoms with van der Waals surface area (Å²) < 4.78 is 10.5. The van der Waals surface area contributed by atoms with Gasteiger partial charge in [0.2, 0.25) is 0 Å². The van der Waals surface area contributed by atoms with E-state index < -0.39 is 0 Å². The van der Waals surface area contributed by atoms with Crippen LogP contribution in [-0.2, 0) is 9.47 Å². The summed E-state index contributed by atoms with van der Waals surface area (Å²) in [6.45, 7) is 8.22. The molecule has 1 fully saturated rings. The fourth-order valence-corrected chi connectivity index (χ4v) is 1.38. The molecule has 1 saturated heterocycles. The fourth-order valence-electron chi connectivity index (χ4n) is 1.38. The lowest BCUT2D eigenvalue weighted by molar-refractivity contribution is -0.00462. The second-order valence-corrected chi connectivity index (χ2v) is 3.60. The topological polar surface area (TPSA) is 18.5 Å². The van der Waals surface area contributed by atoms with Crippen LogP contribution < -0.4 is 0 Å². The molecule has 0 aliphatic carbocycles. The molecule has 0 unspecified atom stereocenters. The number of hydrogen-bond acceptors (Lipinski definition) is 2. The molecule has 1 atom stereocenters. The minimum absolute atomic E-state index is 0.406. The van der Waals surface area contributed by atoms with Crippen molar-refractivity contribution < 1.29 is 9.47 Å². The third kappa shape index (κ3) is 6.05. The van der Waals surface area contributed by atoms with Gasteiger partial charge in [0.05, 0.1) is 6.10 Å². The number of methoxy groups -OCH3 is 1. The first-order chi connectivity index (χ1) is 6.26. The van der Waals surface area contributed by atoms with E-state index in [1.54, 1.807) is 7.11 Å². The van der Waals surface area contributed by atoms with Gasteiger partial charge in [0.1, 0.15) is 0 Å². The molecule has 0 radical (unpaired) electrons. The Hall–Kier alpha value is -0.0800. The van der Waals surface area contributed by atoms with Crippen LogP contribution in [0.15, 0.2) is 0 Å². The molecule has 0 spiro atoms. The summed E-state index contributed by atoms with van der Waals surface area (Å²) in [4.78, 5) is 0. The molecule has 0 amide bonds. The predicted molar refractivity (Wildman–Crippen MR) is 56.0 cm³/mol. The smallest absolute Gasteiger partial charge is 0.0573 e. The SMILES string of the molecule is CCC.CO[C@H](C)C1CCOCC1. The molecular formula is C11H24O2. The maximum atomic E-state index is 5.24. The second kappa shape index (κ2) is 8.52. The highest BCUT2D eigenvalue weighted by atomic mass is 16.5. The summed E-state index contributed by atoms with van der Waals surface area (Å²) in [7, 11) is 1.78. The first-order valence-corrected chi connectivity index (χ1v) is 5.36. The average Bonchev–Trinajstić information content (AvgIpc) is 2.19. The molecule has 2 heteroatoms. The molecular weight excluding hydrogens is 164 g/mol. The van der Waals surface area contributed by atoms with Crippen molar-refractivity contribution in [1.82, 2.24) is 0 Å². The van der Waals surface area contributed by atoms with Crippen LogP contribution in [0.25, 0.3) is 0 Å². The highest BCUT2D eigenvalue weighted by molar-refractivity contribution is 4.68. The Kier molecular flexibility index (Phi) is 8.46. The molecule has 2 nitrogen and oxygen atoms in total. The molecule has 0 N–H and O–H groups in total. The van der Waals surface area contributed by atoms with E-state index in [2.05, 4.69) is 20.8 Å². The molecule has 80 valence electrons. The van der Waals surface area contributed by atoms with Gasteiger partial charge in [-0.1, -0.05) is 20.3 Å². The van der Waals surface area contributed by atoms with Crippen molar-refractivity contribution in [1.29, 1.82) is 0 Å². The van der Waals surface area contributed by atoms with E-state index in [1.165, 1.54) is 6.42 Å². The first-order valence-electron chi connectivity index (χ1n) is 5.36. The Labute approximate surface area is 82.6 Å². The van der Waals surface area contributed by atoms with Gasteiger partial charge in [0.25, 0.3) is 0 Å². The molecule has 1 aliphatic rings. The predicted octanol–water partition coefficient (Wildman–Crippen LogP) is 2.86. The maximum Gasteiger partial charge on any atom is 0.0573 e. The van der Waals surface area contributed by atoms with Crippen molar-refractivity contribution in [2.75, 3.05) is 20.3 Å². The van der Waals surface area contributed by atoms with Gasteiger partial charge in [-0.3, -0.25) is 0 Å². The summed E-state index contributed by atoms with van der Waals surface area (Å²) in [5, 5.41) is 0. The van der Waals surface area contributed by atoms with Crippen LogP contribution in [0.4, 0.5) is 0 Å². The summed E-state index contributed by atoms with van der Waals surface area (Å²) in [6.07, 6.45) is 3.98. The molecule has 1 heterocycles. The second-order valence-electron chi connectivity index (χ2n) is 3.60. The minimum Gasteiger partial charge on any atom is -0.381 e. The van der Waals surface area contributed by atoms with Crippen LogP contribution in [0.2, 0.25) is 0 Å². The number of ether oxygens (including phenoxy) is 2. The van der Waals surface area contributed by atoms with Gasteiger partial charge in [0, 0.05) is 20.3 Å². The van der Waals surface area contributed by atoms with Crippen molar-refractivity contribution >= 4 is 0 Å². The molecule has 0 saturated carbocycles. The third-order valence-corrected chi connectivity index (χ3v) is 2.30. The Balaban J connectivity index is 0.000000424. The zero-order valence-corrected chi connectivity index (χ0v) is 9.51. The molecule has 1 aliphatic heterocycles. The highest BCUT2D eigenvalue weighted by Gasteiger charge is 2.19. The summed E-state index contributed by atoms with van der Waals surface area (Å²) in [5.74, 6) is 0.721. The molecule has 13 heavy (non-hydrogen) atoms. The molecule has 0 aromatic heterocycles. The zero-order chi connectivity index (χ0) is 10.1. The fraction of sp³-hybridized carbons (Fsp3) is 1.00. The Bertz CT molecular complexity index is 98.3. The van der Waals surface area contributed by atoms with Crippen LogP contribution in [0.5, 0.6) is 0 Å². The lowest BCUT2D eigenvalue weighted by atomic mass is 9.95. The van der Waals surface area contributed by atoms with Crippen molar-refractivity contribution in [3.8, 4) is 0 Å². The van der Waals surface area contributed by atoms with Gasteiger partial charge in [-0.15, -0.1) is 0 Å². The van der Waals surface area contributed by atoms with Crippen molar-refractivity contribution in [2.45, 2.75) is 46.1 Å². The maximum absolute atomic E-state index is 5.24. The van der Waals surface area contributed by atoms with Crippen LogP contribution in [0.3, 0.4) is 0 Å². The standard InChI is InChI=1S/C8H16O2.C3H8/c1-7(9-2)8-3-5-10-6-4-8;1-3-2/h7-8H,3-6H2,1-2H3;3H2,1-2H3/t7-;/m1./s1. The summed E-state index contributed by atoms with van der Waals surface area (Å²) in [6, 6.07) is 0. The van der Waals surface area contributed by atoms with Crippen molar-refractivity contribution in [2.24, 2.45) is 5.92 Å². The average molecular weight is 188 g/mol. The Morgan fingerprint density at radius 2 is 1.77 bits per heavy atom. The number of rotatable bonds is 2. The van der Waals surface area contributed by atoms with Crippen molar-refractivity contribution in [3.05, 3.63) is 0 Å². The lowest BCUT2D eigenvalue weighted by Crippen LogP contribution is -2.26. The zero-order valence-electron chi connectivity index (χ0n) is 9.51. The highest BCUT2D eigenvalue weighted by Crippen LogP contribution is 2.19. The minimum atomic E-state index is 0.406. The van der Waals surface area contributed by atoms with E-state index in [0.717, 1.165) is 32.0 Å². The molecule has 1 rings (SSSR count). The molecule has 0 bridgehead atoms. The van der Waals surface area contributed by atoms with Gasteiger partial charge in [0.15, 0.2) is 0 Å². The Morgan fingerprint density at radius 1 is 1.31 bits per heavy atom. The molecule has 0 aromatic rings. The Morgan fingerprint density at radius 3 is 2.15 bits per heavy atom. The van der Waals surface area contributed by atoms with Gasteiger partial charge in [-0.25, -0.2) is 0 Å². The van der Waals surface area contributed by atoms with Crippen LogP contribution in [0.1, 0.15) is 40.0 Å². The summed E-state index contributed by atoms with van der Waals surface area (Å²) in [5.41, 5.74) is 0. The van der Waals surface area contributed by atoms with Crippen LogP contribution in [-0.4, -0.2) is 26.4 Å².